The van der Waals surface area contributed by atoms with Crippen LogP contribution in [-0.4, -0.2) is 4.98 Å². The van der Waals surface area contributed by atoms with Crippen LogP contribution in [0.4, 0.5) is 38.6 Å². The SMILES string of the molecule is CC(C)(C)c1ccc(N(c2ccccn2)c2cc3c(c4oc5ccccc5c24)-c2c(cc(N(c4ccccc4)c4ccc(C(C)(C)C)cc4)c4c2sc2ccccc24)C3(c2ccccc2)c2cccc(F)c2)cc1. The topological polar surface area (TPSA) is 32.5 Å². The normalized spacial score (nSPS) is 14.5. The Kier molecular flexibility index (Phi) is 10.6. The minimum absolute atomic E-state index is 0.0323. The lowest BCUT2D eigenvalue weighted by Crippen LogP contribution is -2.29. The van der Waals surface area contributed by atoms with Gasteiger partial charge in [0.25, 0.3) is 0 Å². The van der Waals surface area contributed by atoms with E-state index in [4.69, 9.17) is 9.40 Å². The van der Waals surface area contributed by atoms with Crippen molar-refractivity contribution in [3.05, 3.63) is 258 Å². The zero-order chi connectivity index (χ0) is 50.5. The molecule has 3 aromatic heterocycles. The van der Waals surface area contributed by atoms with Gasteiger partial charge >= 0.3 is 0 Å². The Morgan fingerprint density at radius 1 is 0.486 bits per heavy atom. The van der Waals surface area contributed by atoms with Gasteiger partial charge in [-0.3, -0.25) is 4.90 Å². The lowest BCUT2D eigenvalue weighted by atomic mass is 9.67. The van der Waals surface area contributed by atoms with Gasteiger partial charge in [0.1, 0.15) is 22.8 Å². The lowest BCUT2D eigenvalue weighted by Gasteiger charge is -2.36. The number of para-hydroxylation sites is 2. The zero-order valence-electron chi connectivity index (χ0n) is 42.3. The zero-order valence-corrected chi connectivity index (χ0v) is 43.1. The van der Waals surface area contributed by atoms with Crippen LogP contribution in [-0.2, 0) is 16.2 Å². The summed E-state index contributed by atoms with van der Waals surface area (Å²) in [7, 11) is 0. The van der Waals surface area contributed by atoms with Gasteiger partial charge in [-0.15, -0.1) is 11.3 Å². The highest BCUT2D eigenvalue weighted by atomic mass is 32.1. The van der Waals surface area contributed by atoms with Gasteiger partial charge in [0.2, 0.25) is 0 Å². The molecule has 6 heteroatoms. The molecule has 12 aromatic rings. The average Bonchev–Trinajstić information content (AvgIpc) is 4.13. The van der Waals surface area contributed by atoms with Gasteiger partial charge in [-0.25, -0.2) is 9.37 Å². The highest BCUT2D eigenvalue weighted by molar-refractivity contribution is 7.26. The summed E-state index contributed by atoms with van der Waals surface area (Å²) in [6.07, 6.45) is 1.86. The maximum absolute atomic E-state index is 16.5. The van der Waals surface area contributed by atoms with Gasteiger partial charge in [-0.2, -0.15) is 0 Å². The molecule has 360 valence electrons. The number of furan rings is 1. The van der Waals surface area contributed by atoms with Crippen molar-refractivity contribution >= 4 is 87.7 Å². The molecule has 0 spiro atoms. The number of thiophene rings is 1. The maximum Gasteiger partial charge on any atom is 0.145 e. The minimum atomic E-state index is -1.07. The third-order valence-electron chi connectivity index (χ3n) is 15.1. The molecule has 0 saturated heterocycles. The number of hydrogen-bond acceptors (Lipinski definition) is 5. The molecular weight excluding hydrogens is 926 g/mol. The van der Waals surface area contributed by atoms with Crippen LogP contribution in [0.25, 0.3) is 53.2 Å². The molecule has 0 radical (unpaired) electrons. The Labute approximate surface area is 435 Å². The average molecular weight is 980 g/mol. The molecule has 0 fully saturated rings. The Morgan fingerprint density at radius 2 is 1.04 bits per heavy atom. The van der Waals surface area contributed by atoms with Crippen LogP contribution in [0.3, 0.4) is 0 Å². The number of anilines is 6. The summed E-state index contributed by atoms with van der Waals surface area (Å²) in [5.41, 5.74) is 13.8. The van der Waals surface area contributed by atoms with Crippen molar-refractivity contribution in [2.24, 2.45) is 0 Å². The summed E-state index contributed by atoms with van der Waals surface area (Å²) in [6, 6.07) is 74.6. The number of nitrogens with zero attached hydrogens (tertiary/aromatic N) is 3. The summed E-state index contributed by atoms with van der Waals surface area (Å²) < 4.78 is 26.3. The molecule has 0 bridgehead atoms. The quantitative estimate of drug-likeness (QED) is 0.152. The molecule has 1 aliphatic carbocycles. The second kappa shape index (κ2) is 17.1. The van der Waals surface area contributed by atoms with Crippen LogP contribution < -0.4 is 9.80 Å². The van der Waals surface area contributed by atoms with E-state index in [-0.39, 0.29) is 16.6 Å². The van der Waals surface area contributed by atoms with E-state index in [0.29, 0.717) is 0 Å². The summed E-state index contributed by atoms with van der Waals surface area (Å²) in [4.78, 5) is 9.79. The van der Waals surface area contributed by atoms with Crippen molar-refractivity contribution in [1.29, 1.82) is 0 Å². The van der Waals surface area contributed by atoms with Crippen molar-refractivity contribution in [3.63, 3.8) is 0 Å². The predicted octanol–water partition coefficient (Wildman–Crippen LogP) is 19.4. The first-order chi connectivity index (χ1) is 35.9. The van der Waals surface area contributed by atoms with E-state index in [1.807, 2.05) is 41.8 Å². The fraction of sp³-hybridized carbons (Fsp3) is 0.132. The van der Waals surface area contributed by atoms with E-state index in [1.165, 1.54) is 21.2 Å². The summed E-state index contributed by atoms with van der Waals surface area (Å²) in [6.45, 7) is 13.5. The van der Waals surface area contributed by atoms with Crippen molar-refractivity contribution in [1.82, 2.24) is 4.98 Å². The van der Waals surface area contributed by atoms with E-state index >= 15 is 4.39 Å². The van der Waals surface area contributed by atoms with E-state index in [0.717, 1.165) is 99.7 Å². The standard InChI is InChI=1S/C68H54FN3OS/c1-66(2,3)43-31-35-49(36-32-43)71(48-24-11-8-12-25-48)56-42-54-63(65-61(56)52-27-14-16-29-58(52)74-65)62-53(68(54,45-20-9-7-10-21-45)46-22-19-23-47(69)40-46)41-55(60-51-26-13-15-28-57(51)73-64(60)62)72(59-30-17-18-39-70-59)50-37-33-44(34-38-50)67(4,5)6/h7-42H,1-6H3. The Balaban J connectivity index is 1.24. The second-order valence-electron chi connectivity index (χ2n) is 21.7. The van der Waals surface area contributed by atoms with E-state index in [9.17, 15) is 0 Å². The van der Waals surface area contributed by atoms with Crippen LogP contribution in [0, 0.1) is 5.82 Å². The number of fused-ring (bicyclic) bond motifs is 11. The second-order valence-corrected chi connectivity index (χ2v) is 22.7. The molecule has 0 amide bonds. The van der Waals surface area contributed by atoms with Crippen molar-refractivity contribution < 1.29 is 8.81 Å². The monoisotopic (exact) mass is 979 g/mol. The first kappa shape index (κ1) is 45.5. The Bertz CT molecular complexity index is 3870. The van der Waals surface area contributed by atoms with Crippen LogP contribution in [0.2, 0.25) is 0 Å². The molecule has 9 aromatic carbocycles. The van der Waals surface area contributed by atoms with Crippen molar-refractivity contribution in [2.45, 2.75) is 57.8 Å². The molecule has 1 atom stereocenters. The fourth-order valence-corrected chi connectivity index (χ4v) is 12.9. The number of halogens is 1. The van der Waals surface area contributed by atoms with E-state index in [2.05, 4.69) is 227 Å². The highest BCUT2D eigenvalue weighted by Crippen LogP contribution is 2.65. The van der Waals surface area contributed by atoms with Crippen LogP contribution >= 0.6 is 11.3 Å². The van der Waals surface area contributed by atoms with Gasteiger partial charge in [-0.1, -0.05) is 169 Å². The van der Waals surface area contributed by atoms with Gasteiger partial charge in [0, 0.05) is 59.9 Å². The molecule has 0 aliphatic heterocycles. The first-order valence-corrected chi connectivity index (χ1v) is 26.3. The number of benzene rings is 9. The summed E-state index contributed by atoms with van der Waals surface area (Å²) >= 11 is 1.81. The van der Waals surface area contributed by atoms with Crippen LogP contribution in [0.15, 0.2) is 223 Å². The maximum atomic E-state index is 16.5. The van der Waals surface area contributed by atoms with E-state index in [1.54, 1.807) is 12.1 Å². The first-order valence-electron chi connectivity index (χ1n) is 25.5. The molecule has 3 heterocycles. The smallest absolute Gasteiger partial charge is 0.145 e. The Morgan fingerprint density at radius 3 is 1.69 bits per heavy atom. The van der Waals surface area contributed by atoms with Gasteiger partial charge in [-0.05, 0) is 129 Å². The minimum Gasteiger partial charge on any atom is -0.455 e. The molecule has 1 unspecified atom stereocenters. The number of aromatic nitrogens is 1. The molecular formula is C68H54FN3OS. The van der Waals surface area contributed by atoms with Crippen LogP contribution in [0.5, 0.6) is 0 Å². The number of rotatable bonds is 8. The molecule has 1 aliphatic rings. The molecule has 0 saturated carbocycles. The molecule has 4 nitrogen and oxygen atoms in total. The summed E-state index contributed by atoms with van der Waals surface area (Å²) in [5, 5.41) is 4.28. The van der Waals surface area contributed by atoms with Gasteiger partial charge < -0.3 is 9.32 Å². The molecule has 0 N–H and O–H groups in total. The molecule has 13 rings (SSSR count). The number of pyridine rings is 1. The Hall–Kier alpha value is -8.32. The predicted molar refractivity (Wildman–Crippen MR) is 308 cm³/mol. The van der Waals surface area contributed by atoms with Crippen molar-refractivity contribution in [2.75, 3.05) is 9.80 Å². The van der Waals surface area contributed by atoms with E-state index < -0.39 is 5.41 Å². The highest BCUT2D eigenvalue weighted by Gasteiger charge is 2.50. The van der Waals surface area contributed by atoms with Gasteiger partial charge in [0.15, 0.2) is 0 Å². The third-order valence-corrected chi connectivity index (χ3v) is 16.3. The van der Waals surface area contributed by atoms with Gasteiger partial charge in [0.05, 0.1) is 22.2 Å². The number of hydrogen-bond donors (Lipinski definition) is 0. The lowest BCUT2D eigenvalue weighted by molar-refractivity contribution is 0.590. The summed E-state index contributed by atoms with van der Waals surface area (Å²) in [5.74, 6) is 0.458. The molecule has 74 heavy (non-hydrogen) atoms. The van der Waals surface area contributed by atoms with Crippen molar-refractivity contribution in [3.8, 4) is 11.1 Å². The third kappa shape index (κ3) is 7.10. The fourth-order valence-electron chi connectivity index (χ4n) is 11.6. The largest absolute Gasteiger partial charge is 0.455 e. The van der Waals surface area contributed by atoms with Crippen LogP contribution in [0.1, 0.15) is 74.9 Å².